The lowest BCUT2D eigenvalue weighted by atomic mass is 10.1. The van der Waals surface area contributed by atoms with Crippen LogP contribution in [0.2, 0.25) is 0 Å². The molecule has 0 unspecified atom stereocenters. The SMILES string of the molecule is COc1ccc(-c2cncc([C@H]3CN(C(=O)c4cnn5c(C)cc(C)nc45)CCO3)n2)cc1. The summed E-state index contributed by atoms with van der Waals surface area (Å²) in [5.41, 5.74) is 5.19. The van der Waals surface area contributed by atoms with Gasteiger partial charge in [0.25, 0.3) is 5.91 Å². The maximum absolute atomic E-state index is 13.4. The lowest BCUT2D eigenvalue weighted by Crippen LogP contribution is -2.42. The van der Waals surface area contributed by atoms with Crippen LogP contribution in [0, 0.1) is 13.8 Å². The fraction of sp³-hybridized carbons (Fsp3) is 0.292. The maximum Gasteiger partial charge on any atom is 0.259 e. The Morgan fingerprint density at radius 2 is 1.94 bits per heavy atom. The molecule has 33 heavy (non-hydrogen) atoms. The molecule has 1 atom stereocenters. The van der Waals surface area contributed by atoms with Gasteiger partial charge in [0, 0.05) is 23.5 Å². The van der Waals surface area contributed by atoms with Crippen molar-refractivity contribution < 1.29 is 14.3 Å². The smallest absolute Gasteiger partial charge is 0.259 e. The van der Waals surface area contributed by atoms with Crippen LogP contribution >= 0.6 is 0 Å². The lowest BCUT2D eigenvalue weighted by Gasteiger charge is -2.32. The molecule has 0 bridgehead atoms. The van der Waals surface area contributed by atoms with Crippen molar-refractivity contribution >= 4 is 11.6 Å². The average Bonchev–Trinajstić information content (AvgIpc) is 3.28. The van der Waals surface area contributed by atoms with Gasteiger partial charge < -0.3 is 14.4 Å². The van der Waals surface area contributed by atoms with Gasteiger partial charge in [0.15, 0.2) is 5.65 Å². The quantitative estimate of drug-likeness (QED) is 0.477. The molecule has 9 nitrogen and oxygen atoms in total. The van der Waals surface area contributed by atoms with E-state index >= 15 is 0 Å². The molecule has 1 fully saturated rings. The minimum Gasteiger partial charge on any atom is -0.497 e. The van der Waals surface area contributed by atoms with Crippen molar-refractivity contribution in [3.63, 3.8) is 0 Å². The Hall–Kier alpha value is -3.85. The zero-order valence-electron chi connectivity index (χ0n) is 18.7. The molecular weight excluding hydrogens is 420 g/mol. The molecule has 1 aliphatic rings. The van der Waals surface area contributed by atoms with Crippen LogP contribution in [-0.2, 0) is 4.74 Å². The first-order valence-electron chi connectivity index (χ1n) is 10.7. The van der Waals surface area contributed by atoms with Crippen LogP contribution in [0.4, 0.5) is 0 Å². The van der Waals surface area contributed by atoms with Crippen LogP contribution in [0.3, 0.4) is 0 Å². The summed E-state index contributed by atoms with van der Waals surface area (Å²) in [7, 11) is 1.63. The molecule has 4 heterocycles. The fourth-order valence-corrected chi connectivity index (χ4v) is 4.04. The fourth-order valence-electron chi connectivity index (χ4n) is 4.04. The molecule has 168 valence electrons. The number of carbonyl (C=O) groups excluding carboxylic acids is 1. The Labute approximate surface area is 191 Å². The Morgan fingerprint density at radius 1 is 1.12 bits per heavy atom. The number of ether oxygens (including phenoxy) is 2. The third-order valence-electron chi connectivity index (χ3n) is 5.73. The van der Waals surface area contributed by atoms with E-state index in [1.54, 1.807) is 35.1 Å². The van der Waals surface area contributed by atoms with Crippen LogP contribution in [0.15, 0.2) is 48.9 Å². The van der Waals surface area contributed by atoms with E-state index in [9.17, 15) is 4.79 Å². The van der Waals surface area contributed by atoms with E-state index in [0.717, 1.165) is 28.4 Å². The van der Waals surface area contributed by atoms with Gasteiger partial charge in [-0.15, -0.1) is 0 Å². The monoisotopic (exact) mass is 444 g/mol. The van der Waals surface area contributed by atoms with Crippen LogP contribution in [0.25, 0.3) is 16.9 Å². The summed E-state index contributed by atoms with van der Waals surface area (Å²) in [4.78, 5) is 28.8. The van der Waals surface area contributed by atoms with E-state index in [2.05, 4.69) is 15.1 Å². The minimum atomic E-state index is -0.369. The molecule has 0 aliphatic carbocycles. The minimum absolute atomic E-state index is 0.116. The van der Waals surface area contributed by atoms with Crippen molar-refractivity contribution in [2.45, 2.75) is 20.0 Å². The Bertz CT molecular complexity index is 1320. The number of rotatable bonds is 4. The first-order chi connectivity index (χ1) is 16.0. The number of fused-ring (bicyclic) bond motifs is 1. The van der Waals surface area contributed by atoms with Crippen LogP contribution in [0.5, 0.6) is 5.75 Å². The Kier molecular flexibility index (Phi) is 5.47. The molecule has 0 radical (unpaired) electrons. The third-order valence-corrected chi connectivity index (χ3v) is 5.73. The number of methoxy groups -OCH3 is 1. The van der Waals surface area contributed by atoms with E-state index < -0.39 is 0 Å². The zero-order chi connectivity index (χ0) is 22.9. The highest BCUT2D eigenvalue weighted by Gasteiger charge is 2.29. The first kappa shape index (κ1) is 21.0. The molecule has 3 aromatic heterocycles. The predicted molar refractivity (Wildman–Crippen MR) is 121 cm³/mol. The van der Waals surface area contributed by atoms with E-state index in [1.807, 2.05) is 44.2 Å². The third kappa shape index (κ3) is 4.03. The average molecular weight is 444 g/mol. The molecule has 1 aromatic carbocycles. The number of benzene rings is 1. The van der Waals surface area contributed by atoms with E-state index in [-0.39, 0.29) is 12.0 Å². The lowest BCUT2D eigenvalue weighted by molar-refractivity contribution is -0.0247. The summed E-state index contributed by atoms with van der Waals surface area (Å²) in [6.07, 6.45) is 4.62. The first-order valence-corrected chi connectivity index (χ1v) is 10.7. The summed E-state index contributed by atoms with van der Waals surface area (Å²) in [6, 6.07) is 9.58. The highest BCUT2D eigenvalue weighted by Crippen LogP contribution is 2.26. The van der Waals surface area contributed by atoms with E-state index in [4.69, 9.17) is 14.5 Å². The van der Waals surface area contributed by atoms with Crippen LogP contribution < -0.4 is 4.74 Å². The van der Waals surface area contributed by atoms with Crippen molar-refractivity contribution in [3.8, 4) is 17.0 Å². The number of hydrogen-bond donors (Lipinski definition) is 0. The normalized spacial score (nSPS) is 16.2. The van der Waals surface area contributed by atoms with Gasteiger partial charge in [-0.05, 0) is 44.2 Å². The summed E-state index contributed by atoms with van der Waals surface area (Å²) in [5, 5.41) is 4.35. The molecule has 0 spiro atoms. The second-order valence-corrected chi connectivity index (χ2v) is 8.00. The van der Waals surface area contributed by atoms with Gasteiger partial charge in [-0.1, -0.05) is 0 Å². The van der Waals surface area contributed by atoms with Crippen molar-refractivity contribution in [1.29, 1.82) is 0 Å². The van der Waals surface area contributed by atoms with Crippen molar-refractivity contribution in [3.05, 3.63) is 71.6 Å². The van der Waals surface area contributed by atoms with Gasteiger partial charge in [0.05, 0.1) is 50.2 Å². The molecular formula is C24H24N6O3. The maximum atomic E-state index is 13.4. The standard InChI is InChI=1S/C24H24N6O3/c1-15-10-16(2)30-23(27-15)19(11-26-30)24(31)29-8-9-33-22(14-29)21-13-25-12-20(28-21)17-4-6-18(32-3)7-5-17/h4-7,10-13,22H,8-9,14H2,1-3H3/t22-/m1/s1. The molecule has 9 heteroatoms. The molecule has 0 saturated carbocycles. The second-order valence-electron chi connectivity index (χ2n) is 8.00. The number of carbonyl (C=O) groups is 1. The topological polar surface area (TPSA) is 94.7 Å². The Balaban J connectivity index is 1.38. The van der Waals surface area contributed by atoms with Crippen molar-refractivity contribution in [2.75, 3.05) is 26.8 Å². The molecule has 5 rings (SSSR count). The summed E-state index contributed by atoms with van der Waals surface area (Å²) in [5.74, 6) is 0.662. The zero-order valence-corrected chi connectivity index (χ0v) is 18.7. The van der Waals surface area contributed by atoms with Gasteiger partial charge in [0.2, 0.25) is 0 Å². The Morgan fingerprint density at radius 3 is 2.73 bits per heavy atom. The number of aryl methyl sites for hydroxylation is 2. The number of amides is 1. The number of hydrogen-bond acceptors (Lipinski definition) is 7. The number of nitrogens with zero attached hydrogens (tertiary/aromatic N) is 6. The molecule has 1 saturated heterocycles. The van der Waals surface area contributed by atoms with Crippen LogP contribution in [0.1, 0.15) is 33.5 Å². The molecule has 1 aliphatic heterocycles. The van der Waals surface area contributed by atoms with Crippen molar-refractivity contribution in [1.82, 2.24) is 29.5 Å². The van der Waals surface area contributed by atoms with Gasteiger partial charge in [-0.25, -0.2) is 14.5 Å². The highest BCUT2D eigenvalue weighted by molar-refractivity contribution is 5.99. The van der Waals surface area contributed by atoms with Gasteiger partial charge in [-0.3, -0.25) is 9.78 Å². The van der Waals surface area contributed by atoms with Gasteiger partial charge >= 0.3 is 0 Å². The van der Waals surface area contributed by atoms with Crippen molar-refractivity contribution in [2.24, 2.45) is 0 Å². The molecule has 0 N–H and O–H groups in total. The molecule has 4 aromatic rings. The largest absolute Gasteiger partial charge is 0.497 e. The van der Waals surface area contributed by atoms with E-state index in [0.29, 0.717) is 36.6 Å². The summed E-state index contributed by atoms with van der Waals surface area (Å²) in [6.45, 7) is 5.13. The number of aromatic nitrogens is 5. The summed E-state index contributed by atoms with van der Waals surface area (Å²) >= 11 is 0. The van der Waals surface area contributed by atoms with Crippen LogP contribution in [-0.4, -0.2) is 62.2 Å². The van der Waals surface area contributed by atoms with E-state index in [1.165, 1.54) is 0 Å². The second kappa shape index (κ2) is 8.59. The highest BCUT2D eigenvalue weighted by atomic mass is 16.5. The molecule has 1 amide bonds. The number of morpholine rings is 1. The van der Waals surface area contributed by atoms with Gasteiger partial charge in [0.1, 0.15) is 17.4 Å². The summed E-state index contributed by atoms with van der Waals surface area (Å²) < 4.78 is 12.9. The van der Waals surface area contributed by atoms with Gasteiger partial charge in [-0.2, -0.15) is 5.10 Å². The predicted octanol–water partition coefficient (Wildman–Crippen LogP) is 3.03.